The summed E-state index contributed by atoms with van der Waals surface area (Å²) in [5, 5.41) is 6.69. The van der Waals surface area contributed by atoms with Crippen molar-refractivity contribution in [2.24, 2.45) is 7.05 Å². The highest BCUT2D eigenvalue weighted by atomic mass is 16.6. The van der Waals surface area contributed by atoms with Crippen LogP contribution in [-0.2, 0) is 16.6 Å². The van der Waals surface area contributed by atoms with Crippen molar-refractivity contribution in [1.82, 2.24) is 15.1 Å². The van der Waals surface area contributed by atoms with Gasteiger partial charge in [-0.3, -0.25) is 9.48 Å². The number of aryl methyl sites for hydroxylation is 2. The molecule has 0 unspecified atom stereocenters. The molecule has 1 N–H and O–H groups in total. The number of nitrogens with zero attached hydrogens (tertiary/aromatic N) is 2. The molecule has 0 aliphatic heterocycles. The lowest BCUT2D eigenvalue weighted by molar-refractivity contribution is -0.156. The monoisotopic (exact) mass is 267 g/mol. The Morgan fingerprint density at radius 2 is 2.00 bits per heavy atom. The molecule has 1 atom stereocenters. The number of carbonyl (C=O) groups is 2. The maximum Gasteiger partial charge on any atom is 0.328 e. The van der Waals surface area contributed by atoms with E-state index in [1.165, 1.54) is 0 Å². The van der Waals surface area contributed by atoms with E-state index >= 15 is 0 Å². The molecule has 0 aliphatic carbocycles. The molecule has 0 aromatic carbocycles. The van der Waals surface area contributed by atoms with Gasteiger partial charge in [-0.15, -0.1) is 0 Å². The fourth-order valence-electron chi connectivity index (χ4n) is 1.55. The maximum absolute atomic E-state index is 12.0. The van der Waals surface area contributed by atoms with Crippen LogP contribution in [-0.4, -0.2) is 33.3 Å². The predicted molar refractivity (Wildman–Crippen MR) is 70.7 cm³/mol. The Labute approximate surface area is 113 Å². The zero-order valence-corrected chi connectivity index (χ0v) is 12.3. The predicted octanol–water partition coefficient (Wildman–Crippen LogP) is 1.19. The lowest BCUT2D eigenvalue weighted by atomic mass is 10.2. The highest BCUT2D eigenvalue weighted by Crippen LogP contribution is 2.09. The number of amides is 1. The second-order valence-electron chi connectivity index (χ2n) is 5.53. The van der Waals surface area contributed by atoms with Crippen molar-refractivity contribution in [2.75, 3.05) is 0 Å². The Morgan fingerprint density at radius 3 is 2.42 bits per heavy atom. The first-order chi connectivity index (χ1) is 8.60. The molecular formula is C13H21N3O3. The van der Waals surface area contributed by atoms with Gasteiger partial charge in [-0.05, 0) is 34.6 Å². The first-order valence-electron chi connectivity index (χ1n) is 6.14. The van der Waals surface area contributed by atoms with Crippen LogP contribution >= 0.6 is 0 Å². The summed E-state index contributed by atoms with van der Waals surface area (Å²) in [5.41, 5.74) is 0.509. The normalized spacial score (nSPS) is 12.9. The minimum absolute atomic E-state index is 0.330. The molecule has 0 spiro atoms. The Morgan fingerprint density at radius 1 is 1.42 bits per heavy atom. The first kappa shape index (κ1) is 15.2. The second kappa shape index (κ2) is 5.42. The van der Waals surface area contributed by atoms with Crippen LogP contribution in [0.1, 0.15) is 43.7 Å². The largest absolute Gasteiger partial charge is 0.458 e. The summed E-state index contributed by atoms with van der Waals surface area (Å²) in [6, 6.07) is -0.702. The molecule has 6 nitrogen and oxygen atoms in total. The molecule has 0 radical (unpaired) electrons. The van der Waals surface area contributed by atoms with E-state index in [1.54, 1.807) is 52.5 Å². The molecule has 1 rings (SSSR count). The fraction of sp³-hybridized carbons (Fsp3) is 0.615. The Hall–Kier alpha value is -1.85. The Balaban J connectivity index is 2.67. The van der Waals surface area contributed by atoms with Crippen molar-refractivity contribution in [3.63, 3.8) is 0 Å². The molecular weight excluding hydrogens is 246 g/mol. The van der Waals surface area contributed by atoms with Gasteiger partial charge < -0.3 is 10.1 Å². The van der Waals surface area contributed by atoms with Crippen molar-refractivity contribution >= 4 is 11.9 Å². The van der Waals surface area contributed by atoms with Crippen LogP contribution in [0.2, 0.25) is 0 Å². The van der Waals surface area contributed by atoms with E-state index in [1.807, 2.05) is 0 Å². The number of hydrogen-bond donors (Lipinski definition) is 1. The van der Waals surface area contributed by atoms with E-state index in [4.69, 9.17) is 4.74 Å². The summed E-state index contributed by atoms with van der Waals surface area (Å²) < 4.78 is 6.76. The minimum atomic E-state index is -0.702. The number of esters is 1. The third-order valence-corrected chi connectivity index (χ3v) is 2.37. The average molecular weight is 267 g/mol. The van der Waals surface area contributed by atoms with Gasteiger partial charge >= 0.3 is 5.97 Å². The summed E-state index contributed by atoms with van der Waals surface area (Å²) in [6.07, 6.45) is 1.62. The van der Waals surface area contributed by atoms with E-state index < -0.39 is 17.6 Å². The van der Waals surface area contributed by atoms with Crippen LogP contribution in [0, 0.1) is 6.92 Å². The van der Waals surface area contributed by atoms with Crippen LogP contribution < -0.4 is 5.32 Å². The first-order valence-corrected chi connectivity index (χ1v) is 6.14. The Kier molecular flexibility index (Phi) is 4.34. The third-order valence-electron chi connectivity index (χ3n) is 2.37. The van der Waals surface area contributed by atoms with E-state index in [0.29, 0.717) is 11.3 Å². The fourth-order valence-corrected chi connectivity index (χ4v) is 1.55. The number of aromatic nitrogens is 2. The zero-order chi connectivity index (χ0) is 14.8. The average Bonchev–Trinajstić information content (AvgIpc) is 2.55. The van der Waals surface area contributed by atoms with Gasteiger partial charge in [0.2, 0.25) is 0 Å². The maximum atomic E-state index is 12.0. The van der Waals surface area contributed by atoms with Gasteiger partial charge in [0.05, 0.1) is 11.3 Å². The van der Waals surface area contributed by atoms with Crippen LogP contribution in [0.15, 0.2) is 6.20 Å². The van der Waals surface area contributed by atoms with E-state index in [0.717, 1.165) is 0 Å². The molecule has 0 bridgehead atoms. The highest BCUT2D eigenvalue weighted by Gasteiger charge is 2.24. The third kappa shape index (κ3) is 4.39. The summed E-state index contributed by atoms with van der Waals surface area (Å²) in [6.45, 7) is 8.69. The van der Waals surface area contributed by atoms with Crippen molar-refractivity contribution < 1.29 is 14.3 Å². The topological polar surface area (TPSA) is 73.2 Å². The van der Waals surface area contributed by atoms with Crippen molar-refractivity contribution in [2.45, 2.75) is 46.3 Å². The van der Waals surface area contributed by atoms with E-state index in [-0.39, 0.29) is 5.91 Å². The molecule has 1 aromatic rings. The number of nitrogens with one attached hydrogen (secondary N) is 1. The van der Waals surface area contributed by atoms with E-state index in [9.17, 15) is 9.59 Å². The summed E-state index contributed by atoms with van der Waals surface area (Å²) >= 11 is 0. The van der Waals surface area contributed by atoms with Gasteiger partial charge in [-0.25, -0.2) is 4.79 Å². The van der Waals surface area contributed by atoms with Crippen molar-refractivity contribution in [3.05, 3.63) is 17.5 Å². The lowest BCUT2D eigenvalue weighted by Crippen LogP contribution is -2.42. The minimum Gasteiger partial charge on any atom is -0.458 e. The number of rotatable bonds is 3. The van der Waals surface area contributed by atoms with Gasteiger partial charge in [0.25, 0.3) is 5.91 Å². The van der Waals surface area contributed by atoms with Gasteiger partial charge in [0.1, 0.15) is 11.6 Å². The molecule has 0 aliphatic rings. The van der Waals surface area contributed by atoms with Gasteiger partial charge in [-0.1, -0.05) is 0 Å². The molecule has 0 saturated carbocycles. The standard InChI is InChI=1S/C13H21N3O3/c1-8-10(7-16(6)15-8)11(17)14-9(2)12(18)19-13(3,4)5/h7,9H,1-6H3,(H,14,17)/t9-/m0/s1. The van der Waals surface area contributed by atoms with Gasteiger partial charge in [-0.2, -0.15) is 5.10 Å². The van der Waals surface area contributed by atoms with Crippen LogP contribution in [0.25, 0.3) is 0 Å². The van der Waals surface area contributed by atoms with Crippen LogP contribution in [0.3, 0.4) is 0 Å². The zero-order valence-electron chi connectivity index (χ0n) is 12.3. The second-order valence-corrected chi connectivity index (χ2v) is 5.53. The summed E-state index contributed by atoms with van der Waals surface area (Å²) in [5.74, 6) is -0.786. The summed E-state index contributed by atoms with van der Waals surface area (Å²) in [7, 11) is 1.74. The molecule has 1 heterocycles. The SMILES string of the molecule is Cc1nn(C)cc1C(=O)N[C@@H](C)C(=O)OC(C)(C)C. The molecule has 0 saturated heterocycles. The Bertz CT molecular complexity index is 486. The molecule has 1 amide bonds. The molecule has 19 heavy (non-hydrogen) atoms. The van der Waals surface area contributed by atoms with Crippen molar-refractivity contribution in [1.29, 1.82) is 0 Å². The molecule has 1 aromatic heterocycles. The number of carbonyl (C=O) groups excluding carboxylic acids is 2. The van der Waals surface area contributed by atoms with Crippen molar-refractivity contribution in [3.8, 4) is 0 Å². The van der Waals surface area contributed by atoms with Crippen LogP contribution in [0.4, 0.5) is 0 Å². The highest BCUT2D eigenvalue weighted by molar-refractivity contribution is 5.97. The quantitative estimate of drug-likeness (QED) is 0.835. The van der Waals surface area contributed by atoms with Crippen LogP contribution in [0.5, 0.6) is 0 Å². The molecule has 0 fully saturated rings. The number of ether oxygens (including phenoxy) is 1. The van der Waals surface area contributed by atoms with Gasteiger partial charge in [0.15, 0.2) is 0 Å². The lowest BCUT2D eigenvalue weighted by Gasteiger charge is -2.22. The number of hydrogen-bond acceptors (Lipinski definition) is 4. The molecule has 6 heteroatoms. The smallest absolute Gasteiger partial charge is 0.328 e. The molecule has 106 valence electrons. The summed E-state index contributed by atoms with van der Waals surface area (Å²) in [4.78, 5) is 23.7. The van der Waals surface area contributed by atoms with Gasteiger partial charge in [0, 0.05) is 13.2 Å². The van der Waals surface area contributed by atoms with E-state index in [2.05, 4.69) is 10.4 Å².